The zero-order chi connectivity index (χ0) is 24.0. The van der Waals surface area contributed by atoms with Gasteiger partial charge in [0, 0.05) is 69.2 Å². The van der Waals surface area contributed by atoms with Gasteiger partial charge in [0.15, 0.2) is 0 Å². The summed E-state index contributed by atoms with van der Waals surface area (Å²) >= 11 is 0. The molecule has 1 unspecified atom stereocenters. The molecule has 6 nitrogen and oxygen atoms in total. The van der Waals surface area contributed by atoms with Crippen molar-refractivity contribution in [1.29, 1.82) is 5.26 Å². The number of rotatable bonds is 4. The molecular weight excluding hydrogens is 431 g/mol. The average Bonchev–Trinajstić information content (AvgIpc) is 3.24. The molecule has 1 atom stereocenters. The van der Waals surface area contributed by atoms with Gasteiger partial charge < -0.3 is 10.0 Å². The van der Waals surface area contributed by atoms with Crippen molar-refractivity contribution in [2.75, 3.05) is 37.7 Å². The molecule has 0 saturated carbocycles. The molecule has 2 aliphatic rings. The first-order chi connectivity index (χ1) is 15.6. The van der Waals surface area contributed by atoms with Crippen LogP contribution in [0.15, 0.2) is 18.2 Å². The summed E-state index contributed by atoms with van der Waals surface area (Å²) in [7, 11) is 1.94. The van der Waals surface area contributed by atoms with E-state index in [1.54, 1.807) is 12.1 Å². The quantitative estimate of drug-likeness (QED) is 0.753. The summed E-state index contributed by atoms with van der Waals surface area (Å²) in [5, 5.41) is 23.7. The van der Waals surface area contributed by atoms with Gasteiger partial charge in [0.1, 0.15) is 0 Å². The molecule has 0 bridgehead atoms. The monoisotopic (exact) mass is 461 g/mol. The van der Waals surface area contributed by atoms with Crippen LogP contribution >= 0.6 is 0 Å². The number of nitriles is 1. The molecule has 3 heterocycles. The average molecular weight is 462 g/mol. The molecule has 1 spiro atoms. The summed E-state index contributed by atoms with van der Waals surface area (Å²) in [6, 6.07) is 5.59. The van der Waals surface area contributed by atoms with Crippen molar-refractivity contribution in [2.24, 2.45) is 18.4 Å². The van der Waals surface area contributed by atoms with Gasteiger partial charge >= 0.3 is 6.18 Å². The zero-order valence-corrected chi connectivity index (χ0v) is 19.3. The number of piperidine rings is 1. The van der Waals surface area contributed by atoms with E-state index in [9.17, 15) is 18.3 Å². The summed E-state index contributed by atoms with van der Waals surface area (Å²) in [5.74, 6) is 0.142. The van der Waals surface area contributed by atoms with Crippen molar-refractivity contribution in [3.05, 3.63) is 46.3 Å². The number of aliphatic hydroxyl groups is 1. The Bertz CT molecular complexity index is 1060. The van der Waals surface area contributed by atoms with E-state index in [4.69, 9.17) is 5.26 Å². The van der Waals surface area contributed by atoms with E-state index in [1.807, 2.05) is 23.6 Å². The Hall–Kier alpha value is -2.57. The maximum Gasteiger partial charge on any atom is 0.417 e. The Kier molecular flexibility index (Phi) is 6.18. The number of anilines is 1. The Balaban J connectivity index is 1.48. The lowest BCUT2D eigenvalue weighted by Crippen LogP contribution is -2.45. The summed E-state index contributed by atoms with van der Waals surface area (Å²) in [4.78, 5) is 4.35. The topological polar surface area (TPSA) is 68.3 Å². The van der Waals surface area contributed by atoms with E-state index in [0.717, 1.165) is 49.9 Å². The molecule has 0 amide bonds. The standard InChI is InChI=1S/C24H30F3N5O/c1-16-21(17(2)30(3)29-16)13-31-12-19(14-33)23(15-31)6-8-32(9-7-23)20-5-4-18(11-28)22(10-20)24(25,26)27/h4-5,10,19,33H,6-9,12-15H2,1-3H3. The van der Waals surface area contributed by atoms with E-state index >= 15 is 0 Å². The predicted octanol–water partition coefficient (Wildman–Crippen LogP) is 3.64. The third kappa shape index (κ3) is 4.34. The molecule has 1 N–H and O–H groups in total. The van der Waals surface area contributed by atoms with Crippen molar-refractivity contribution in [2.45, 2.75) is 39.4 Å². The van der Waals surface area contributed by atoms with Crippen LogP contribution in [0.5, 0.6) is 0 Å². The van der Waals surface area contributed by atoms with Gasteiger partial charge in [0.2, 0.25) is 0 Å². The van der Waals surface area contributed by atoms with Gasteiger partial charge in [0.05, 0.1) is 22.9 Å². The van der Waals surface area contributed by atoms with Crippen molar-refractivity contribution in [3.8, 4) is 6.07 Å². The fourth-order valence-corrected chi connectivity index (χ4v) is 5.62. The Morgan fingerprint density at radius 3 is 2.48 bits per heavy atom. The molecule has 1 aromatic carbocycles. The minimum absolute atomic E-state index is 0.0469. The van der Waals surface area contributed by atoms with Crippen LogP contribution in [0, 0.1) is 36.5 Å². The van der Waals surface area contributed by atoms with Crippen LogP contribution in [0.2, 0.25) is 0 Å². The summed E-state index contributed by atoms with van der Waals surface area (Å²) < 4.78 is 42.1. The molecule has 2 aliphatic heterocycles. The first-order valence-electron chi connectivity index (χ1n) is 11.3. The molecule has 1 aromatic heterocycles. The number of hydrogen-bond acceptors (Lipinski definition) is 5. The third-order valence-corrected chi connectivity index (χ3v) is 7.70. The smallest absolute Gasteiger partial charge is 0.396 e. The van der Waals surface area contributed by atoms with Gasteiger partial charge in [-0.2, -0.15) is 23.5 Å². The van der Waals surface area contributed by atoms with Gasteiger partial charge in [-0.15, -0.1) is 0 Å². The normalized spacial score (nSPS) is 21.0. The van der Waals surface area contributed by atoms with Crippen LogP contribution in [0.1, 0.15) is 40.9 Å². The molecule has 0 radical (unpaired) electrons. The SMILES string of the molecule is Cc1nn(C)c(C)c1CN1CC(CO)C2(CCN(c3ccc(C#N)c(C(F)(F)F)c3)CC2)C1. The molecule has 0 aliphatic carbocycles. The lowest BCUT2D eigenvalue weighted by Gasteiger charge is -2.43. The predicted molar refractivity (Wildman–Crippen MR) is 119 cm³/mol. The van der Waals surface area contributed by atoms with Crippen molar-refractivity contribution >= 4 is 5.69 Å². The van der Waals surface area contributed by atoms with Crippen molar-refractivity contribution in [1.82, 2.24) is 14.7 Å². The molecule has 2 fully saturated rings. The highest BCUT2D eigenvalue weighted by atomic mass is 19.4. The van der Waals surface area contributed by atoms with E-state index in [1.165, 1.54) is 11.6 Å². The van der Waals surface area contributed by atoms with E-state index in [0.29, 0.717) is 18.8 Å². The summed E-state index contributed by atoms with van der Waals surface area (Å²) in [6.07, 6.45) is -2.95. The first kappa shape index (κ1) is 23.6. The molecule has 2 aromatic rings. The molecule has 2 saturated heterocycles. The summed E-state index contributed by atoms with van der Waals surface area (Å²) in [5.41, 5.74) is 2.60. The third-order valence-electron chi connectivity index (χ3n) is 7.70. The number of aromatic nitrogens is 2. The maximum absolute atomic E-state index is 13.4. The van der Waals surface area contributed by atoms with Gasteiger partial charge in [-0.25, -0.2) is 0 Å². The number of aryl methyl sites for hydroxylation is 2. The van der Waals surface area contributed by atoms with Gasteiger partial charge in [-0.05, 0) is 50.3 Å². The Morgan fingerprint density at radius 2 is 1.94 bits per heavy atom. The van der Waals surface area contributed by atoms with Gasteiger partial charge in [0.25, 0.3) is 0 Å². The van der Waals surface area contributed by atoms with E-state index in [-0.39, 0.29) is 23.5 Å². The van der Waals surface area contributed by atoms with Crippen LogP contribution in [0.3, 0.4) is 0 Å². The Morgan fingerprint density at radius 1 is 1.24 bits per heavy atom. The highest BCUT2D eigenvalue weighted by molar-refractivity contribution is 5.55. The Labute approximate surface area is 192 Å². The largest absolute Gasteiger partial charge is 0.417 e. The minimum atomic E-state index is -4.56. The number of benzene rings is 1. The molecule has 33 heavy (non-hydrogen) atoms. The zero-order valence-electron chi connectivity index (χ0n) is 19.3. The number of nitrogens with zero attached hydrogens (tertiary/aromatic N) is 5. The van der Waals surface area contributed by atoms with Crippen molar-refractivity contribution in [3.63, 3.8) is 0 Å². The second-order valence-electron chi connectivity index (χ2n) is 9.51. The summed E-state index contributed by atoms with van der Waals surface area (Å²) in [6.45, 7) is 7.89. The number of likely N-dealkylation sites (tertiary alicyclic amines) is 1. The van der Waals surface area contributed by atoms with E-state index in [2.05, 4.69) is 16.9 Å². The first-order valence-corrected chi connectivity index (χ1v) is 11.3. The number of alkyl halides is 3. The molecule has 178 valence electrons. The fourth-order valence-electron chi connectivity index (χ4n) is 5.62. The highest BCUT2D eigenvalue weighted by Crippen LogP contribution is 2.46. The minimum Gasteiger partial charge on any atom is -0.396 e. The lowest BCUT2D eigenvalue weighted by molar-refractivity contribution is -0.137. The van der Waals surface area contributed by atoms with Crippen LogP contribution in [-0.2, 0) is 19.8 Å². The second kappa shape index (κ2) is 8.65. The maximum atomic E-state index is 13.4. The van der Waals surface area contributed by atoms with Crippen LogP contribution in [-0.4, -0.2) is 52.6 Å². The van der Waals surface area contributed by atoms with Crippen LogP contribution in [0.25, 0.3) is 0 Å². The number of hydrogen-bond donors (Lipinski definition) is 1. The fraction of sp³-hybridized carbons (Fsp3) is 0.583. The van der Waals surface area contributed by atoms with Gasteiger partial charge in [-0.3, -0.25) is 9.58 Å². The lowest BCUT2D eigenvalue weighted by atomic mass is 9.71. The number of halogens is 3. The van der Waals surface area contributed by atoms with Crippen LogP contribution in [0.4, 0.5) is 18.9 Å². The van der Waals surface area contributed by atoms with Crippen LogP contribution < -0.4 is 4.90 Å². The molecule has 9 heteroatoms. The second-order valence-corrected chi connectivity index (χ2v) is 9.51. The van der Waals surface area contributed by atoms with Crippen molar-refractivity contribution < 1.29 is 18.3 Å². The number of aliphatic hydroxyl groups excluding tert-OH is 1. The molecule has 4 rings (SSSR count). The van der Waals surface area contributed by atoms with Gasteiger partial charge in [-0.1, -0.05) is 0 Å². The highest BCUT2D eigenvalue weighted by Gasteiger charge is 2.48. The molecular formula is C24H30F3N5O. The van der Waals surface area contributed by atoms with E-state index < -0.39 is 11.7 Å².